The van der Waals surface area contributed by atoms with Gasteiger partial charge in [-0.15, -0.1) is 0 Å². The lowest BCUT2D eigenvalue weighted by Gasteiger charge is -2.33. The van der Waals surface area contributed by atoms with Crippen molar-refractivity contribution >= 4 is 11.7 Å². The summed E-state index contributed by atoms with van der Waals surface area (Å²) in [6.07, 6.45) is 3.56. The number of nitrogens with zero attached hydrogens (tertiary/aromatic N) is 1. The number of carboxylic acid groups (broad SMARTS) is 1. The number of hydrogen-bond acceptors (Lipinski definition) is 4. The fraction of sp³-hybridized carbons (Fsp3) is 0.538. The molecule has 0 unspecified atom stereocenters. The minimum Gasteiger partial charge on any atom is -0.477 e. The highest BCUT2D eigenvalue weighted by Gasteiger charge is 2.26. The van der Waals surface area contributed by atoms with E-state index in [1.165, 1.54) is 6.20 Å². The third-order valence-corrected chi connectivity index (χ3v) is 3.40. The lowest BCUT2D eigenvalue weighted by atomic mass is 9.82. The zero-order valence-electron chi connectivity index (χ0n) is 10.5. The van der Waals surface area contributed by atoms with Crippen molar-refractivity contribution in [2.75, 3.05) is 25.1 Å². The van der Waals surface area contributed by atoms with Crippen molar-refractivity contribution in [2.45, 2.75) is 19.8 Å². The molecule has 0 saturated carbocycles. The summed E-state index contributed by atoms with van der Waals surface area (Å²) >= 11 is 0. The lowest BCUT2D eigenvalue weighted by molar-refractivity contribution is 0.0300. The second kappa shape index (κ2) is 5.35. The van der Waals surface area contributed by atoms with Crippen LogP contribution in [0.2, 0.25) is 0 Å². The smallest absolute Gasteiger partial charge is 0.354 e. The van der Waals surface area contributed by atoms with E-state index in [9.17, 15) is 4.79 Å². The van der Waals surface area contributed by atoms with Crippen LogP contribution in [0.5, 0.6) is 0 Å². The number of rotatable bonds is 4. The molecule has 2 heterocycles. The number of aromatic carboxylic acids is 1. The molecular weight excluding hydrogens is 232 g/mol. The standard InChI is InChI=1S/C13H18N2O3/c1-13(3-6-18-7-4-13)9-15-10-2-5-14-11(8-10)12(16)17/h2,5,8H,3-4,6-7,9H2,1H3,(H,14,15)(H,16,17). The normalized spacial score (nSPS) is 18.3. The molecule has 0 aliphatic carbocycles. The molecule has 0 amide bonds. The topological polar surface area (TPSA) is 71.5 Å². The molecule has 5 nitrogen and oxygen atoms in total. The number of carbonyl (C=O) groups is 1. The Bertz CT molecular complexity index is 428. The molecule has 1 fully saturated rings. The van der Waals surface area contributed by atoms with Gasteiger partial charge in [0.05, 0.1) is 0 Å². The molecule has 1 saturated heterocycles. The number of hydrogen-bond donors (Lipinski definition) is 2. The third kappa shape index (κ3) is 3.20. The van der Waals surface area contributed by atoms with Gasteiger partial charge in [-0.3, -0.25) is 0 Å². The van der Waals surface area contributed by atoms with E-state index >= 15 is 0 Å². The van der Waals surface area contributed by atoms with E-state index in [4.69, 9.17) is 9.84 Å². The highest BCUT2D eigenvalue weighted by Crippen LogP contribution is 2.29. The molecule has 5 heteroatoms. The number of pyridine rings is 1. The highest BCUT2D eigenvalue weighted by molar-refractivity contribution is 5.86. The van der Waals surface area contributed by atoms with E-state index in [1.54, 1.807) is 12.1 Å². The van der Waals surface area contributed by atoms with Crippen molar-refractivity contribution < 1.29 is 14.6 Å². The van der Waals surface area contributed by atoms with E-state index < -0.39 is 5.97 Å². The van der Waals surface area contributed by atoms with Crippen LogP contribution < -0.4 is 5.32 Å². The maximum absolute atomic E-state index is 10.8. The quantitative estimate of drug-likeness (QED) is 0.855. The van der Waals surface area contributed by atoms with Crippen LogP contribution in [-0.4, -0.2) is 35.8 Å². The first-order chi connectivity index (χ1) is 8.59. The maximum atomic E-state index is 10.8. The molecule has 98 valence electrons. The molecule has 0 bridgehead atoms. The Balaban J connectivity index is 1.97. The van der Waals surface area contributed by atoms with Crippen molar-refractivity contribution in [3.05, 3.63) is 24.0 Å². The Morgan fingerprint density at radius 1 is 1.56 bits per heavy atom. The second-order valence-electron chi connectivity index (χ2n) is 5.01. The monoisotopic (exact) mass is 250 g/mol. The largest absolute Gasteiger partial charge is 0.477 e. The number of aromatic nitrogens is 1. The van der Waals surface area contributed by atoms with Gasteiger partial charge in [-0.1, -0.05) is 6.92 Å². The third-order valence-electron chi connectivity index (χ3n) is 3.40. The summed E-state index contributed by atoms with van der Waals surface area (Å²) < 4.78 is 5.35. The van der Waals surface area contributed by atoms with E-state index in [0.717, 1.165) is 38.3 Å². The molecule has 0 spiro atoms. The molecule has 18 heavy (non-hydrogen) atoms. The van der Waals surface area contributed by atoms with Crippen molar-refractivity contribution in [2.24, 2.45) is 5.41 Å². The maximum Gasteiger partial charge on any atom is 0.354 e. The number of ether oxygens (including phenoxy) is 1. The van der Waals surface area contributed by atoms with Gasteiger partial charge in [-0.2, -0.15) is 0 Å². The van der Waals surface area contributed by atoms with Crippen molar-refractivity contribution in [1.82, 2.24) is 4.98 Å². The van der Waals surface area contributed by atoms with Gasteiger partial charge in [-0.05, 0) is 30.4 Å². The van der Waals surface area contributed by atoms with Gasteiger partial charge < -0.3 is 15.2 Å². The second-order valence-corrected chi connectivity index (χ2v) is 5.01. The Morgan fingerprint density at radius 3 is 2.94 bits per heavy atom. The SMILES string of the molecule is CC1(CNc2ccnc(C(=O)O)c2)CCOCC1. The number of carboxylic acids is 1. The zero-order valence-corrected chi connectivity index (χ0v) is 10.5. The van der Waals surface area contributed by atoms with Crippen LogP contribution in [0, 0.1) is 5.41 Å². The summed E-state index contributed by atoms with van der Waals surface area (Å²) in [5, 5.41) is 12.2. The zero-order chi connectivity index (χ0) is 13.0. The Labute approximate surface area is 106 Å². The van der Waals surface area contributed by atoms with Gasteiger partial charge in [0.2, 0.25) is 0 Å². The molecule has 1 aromatic rings. The Morgan fingerprint density at radius 2 is 2.28 bits per heavy atom. The summed E-state index contributed by atoms with van der Waals surface area (Å²) in [5.41, 5.74) is 1.08. The molecular formula is C13H18N2O3. The van der Waals surface area contributed by atoms with Gasteiger partial charge >= 0.3 is 5.97 Å². The molecule has 1 aromatic heterocycles. The van der Waals surface area contributed by atoms with Crippen molar-refractivity contribution in [3.63, 3.8) is 0 Å². The first-order valence-corrected chi connectivity index (χ1v) is 6.10. The predicted molar refractivity (Wildman–Crippen MR) is 67.8 cm³/mol. The van der Waals surface area contributed by atoms with E-state index in [2.05, 4.69) is 17.2 Å². The van der Waals surface area contributed by atoms with Crippen LogP contribution in [0.15, 0.2) is 18.3 Å². The predicted octanol–water partition coefficient (Wildman–Crippen LogP) is 2.01. The van der Waals surface area contributed by atoms with Gasteiger partial charge in [-0.25, -0.2) is 9.78 Å². The van der Waals surface area contributed by atoms with Gasteiger partial charge in [0, 0.05) is 31.6 Å². The summed E-state index contributed by atoms with van der Waals surface area (Å²) in [7, 11) is 0. The van der Waals surface area contributed by atoms with E-state index in [1.807, 2.05) is 0 Å². The summed E-state index contributed by atoms with van der Waals surface area (Å²) in [4.78, 5) is 14.6. The van der Waals surface area contributed by atoms with Crippen LogP contribution in [0.25, 0.3) is 0 Å². The van der Waals surface area contributed by atoms with Crippen LogP contribution >= 0.6 is 0 Å². The first kappa shape index (κ1) is 12.8. The van der Waals surface area contributed by atoms with Crippen LogP contribution in [0.1, 0.15) is 30.3 Å². The highest BCUT2D eigenvalue weighted by atomic mass is 16.5. The van der Waals surface area contributed by atoms with Gasteiger partial charge in [0.25, 0.3) is 0 Å². The van der Waals surface area contributed by atoms with Crippen LogP contribution in [-0.2, 0) is 4.74 Å². The molecule has 0 atom stereocenters. The van der Waals surface area contributed by atoms with E-state index in [-0.39, 0.29) is 11.1 Å². The summed E-state index contributed by atoms with van der Waals surface area (Å²) in [5.74, 6) is -1.00. The van der Waals surface area contributed by atoms with Gasteiger partial charge in [0.15, 0.2) is 0 Å². The van der Waals surface area contributed by atoms with Crippen LogP contribution in [0.3, 0.4) is 0 Å². The van der Waals surface area contributed by atoms with Gasteiger partial charge in [0.1, 0.15) is 5.69 Å². The lowest BCUT2D eigenvalue weighted by Crippen LogP contribution is -2.33. The van der Waals surface area contributed by atoms with Crippen molar-refractivity contribution in [3.8, 4) is 0 Å². The average molecular weight is 250 g/mol. The van der Waals surface area contributed by atoms with Crippen molar-refractivity contribution in [1.29, 1.82) is 0 Å². The number of nitrogens with one attached hydrogen (secondary N) is 1. The summed E-state index contributed by atoms with van der Waals surface area (Å²) in [6.45, 7) is 4.64. The Kier molecular flexibility index (Phi) is 3.81. The minimum atomic E-state index is -1.00. The summed E-state index contributed by atoms with van der Waals surface area (Å²) in [6, 6.07) is 3.35. The first-order valence-electron chi connectivity index (χ1n) is 6.10. The fourth-order valence-corrected chi connectivity index (χ4v) is 2.01. The average Bonchev–Trinajstić information content (AvgIpc) is 2.38. The minimum absolute atomic E-state index is 0.0668. The van der Waals surface area contributed by atoms with E-state index in [0.29, 0.717) is 0 Å². The molecule has 1 aliphatic rings. The van der Waals surface area contributed by atoms with Crippen LogP contribution in [0.4, 0.5) is 5.69 Å². The fourth-order valence-electron chi connectivity index (χ4n) is 2.01. The molecule has 0 radical (unpaired) electrons. The molecule has 2 rings (SSSR count). The molecule has 1 aliphatic heterocycles. The number of anilines is 1. The molecule has 2 N–H and O–H groups in total. The Hall–Kier alpha value is -1.62. The molecule has 0 aromatic carbocycles.